The third kappa shape index (κ3) is 5.33. The van der Waals surface area contributed by atoms with Crippen LogP contribution in [0.15, 0.2) is 36.8 Å². The summed E-state index contributed by atoms with van der Waals surface area (Å²) in [5, 5.41) is 22.3. The van der Waals surface area contributed by atoms with E-state index < -0.39 is 16.9 Å². The van der Waals surface area contributed by atoms with Crippen LogP contribution in [0, 0.1) is 5.41 Å². The van der Waals surface area contributed by atoms with Gasteiger partial charge >= 0.3 is 0 Å². The average Bonchev–Trinajstić information content (AvgIpc) is 3.28. The van der Waals surface area contributed by atoms with Gasteiger partial charge in [-0.05, 0) is 62.1 Å². The molecule has 1 spiro atoms. The number of anilines is 2. The number of rotatable bonds is 8. The van der Waals surface area contributed by atoms with Gasteiger partial charge in [0.1, 0.15) is 22.4 Å². The van der Waals surface area contributed by atoms with E-state index in [2.05, 4.69) is 25.0 Å². The molecule has 1 unspecified atom stereocenters. The summed E-state index contributed by atoms with van der Waals surface area (Å²) in [4.78, 5) is 2.37. The Morgan fingerprint density at radius 3 is 2.55 bits per heavy atom. The van der Waals surface area contributed by atoms with Crippen molar-refractivity contribution in [3.63, 3.8) is 0 Å². The van der Waals surface area contributed by atoms with Crippen molar-refractivity contribution >= 4 is 22.4 Å². The van der Waals surface area contributed by atoms with E-state index in [0.29, 0.717) is 24.0 Å². The summed E-state index contributed by atoms with van der Waals surface area (Å²) in [5.74, 6) is -2.41. The second-order valence-electron chi connectivity index (χ2n) is 10.9. The van der Waals surface area contributed by atoms with Gasteiger partial charge in [-0.1, -0.05) is 5.21 Å². The van der Waals surface area contributed by atoms with Gasteiger partial charge in [-0.25, -0.2) is 17.7 Å². The predicted octanol–water partition coefficient (Wildman–Crippen LogP) is 4.33. The molecule has 1 aromatic carbocycles. The molecule has 3 fully saturated rings. The monoisotopic (exact) mass is 545 g/mol. The van der Waals surface area contributed by atoms with Crippen LogP contribution < -0.4 is 9.62 Å². The van der Waals surface area contributed by atoms with Gasteiger partial charge in [-0.15, -0.1) is 5.10 Å². The lowest BCUT2D eigenvalue weighted by molar-refractivity contribution is -0.0449. The van der Waals surface area contributed by atoms with Gasteiger partial charge in [0.05, 0.1) is 37.0 Å². The molecule has 0 bridgehead atoms. The first-order chi connectivity index (χ1) is 18.3. The molecule has 2 N–H and O–H groups in total. The summed E-state index contributed by atoms with van der Waals surface area (Å²) in [6.07, 6.45) is 10.9. The molecule has 6 rings (SSSR count). The zero-order valence-electron chi connectivity index (χ0n) is 21.2. The first-order valence-electron chi connectivity index (χ1n) is 13.3. The van der Waals surface area contributed by atoms with Crippen LogP contribution in [0.25, 0.3) is 16.9 Å². The summed E-state index contributed by atoms with van der Waals surface area (Å²) >= 11 is 0. The largest absolute Gasteiger partial charge is 0.395 e. The number of nitrogens with one attached hydrogen (secondary N) is 1. The number of alkyl halides is 2. The number of nitrogens with zero attached hydrogens (tertiary/aromatic N) is 6. The smallest absolute Gasteiger partial charge is 0.248 e. The Morgan fingerprint density at radius 1 is 1.08 bits per heavy atom. The first kappa shape index (κ1) is 25.4. The minimum absolute atomic E-state index is 0.0386. The van der Waals surface area contributed by atoms with E-state index in [1.54, 1.807) is 15.6 Å². The lowest BCUT2D eigenvalue weighted by Gasteiger charge is -2.35. The highest BCUT2D eigenvalue weighted by Gasteiger charge is 2.44. The molecule has 12 heteroatoms. The first-order valence-corrected chi connectivity index (χ1v) is 14.7. The lowest BCUT2D eigenvalue weighted by Crippen LogP contribution is -2.34. The standard InChI is InChI=1S/C26H33F2N7O2S/c27-26(28)5-3-20(4-6-26)34-17-21(16-29-34)35-18-23(30-32-35)22-2-1-19(31-38(37)14-13-36)15-24(22)33-11-9-25(7-8-25)10-12-33/h1-2,15-18,20,31,36H,3-14H2. The molecule has 1 aliphatic heterocycles. The number of hydrogen-bond donors (Lipinski definition) is 2. The fraction of sp³-hybridized carbons (Fsp3) is 0.577. The summed E-state index contributed by atoms with van der Waals surface area (Å²) in [7, 11) is -1.36. The van der Waals surface area contributed by atoms with Crippen LogP contribution in [-0.4, -0.2) is 65.5 Å². The maximum atomic E-state index is 13.6. The van der Waals surface area contributed by atoms with Crippen molar-refractivity contribution in [2.45, 2.75) is 63.3 Å². The van der Waals surface area contributed by atoms with Crippen molar-refractivity contribution in [1.29, 1.82) is 0 Å². The summed E-state index contributed by atoms with van der Waals surface area (Å²) in [5.41, 5.74) is 4.65. The van der Waals surface area contributed by atoms with Crippen LogP contribution in [0.2, 0.25) is 0 Å². The second-order valence-corrected chi connectivity index (χ2v) is 12.2. The minimum Gasteiger partial charge on any atom is -0.395 e. The summed E-state index contributed by atoms with van der Waals surface area (Å²) in [6.45, 7) is 1.76. The fourth-order valence-electron chi connectivity index (χ4n) is 5.69. The van der Waals surface area contributed by atoms with Gasteiger partial charge in [0.2, 0.25) is 5.92 Å². The van der Waals surface area contributed by atoms with Crippen molar-refractivity contribution < 1.29 is 18.1 Å². The van der Waals surface area contributed by atoms with E-state index in [0.717, 1.165) is 35.7 Å². The van der Waals surface area contributed by atoms with Gasteiger partial charge in [0.15, 0.2) is 0 Å². The van der Waals surface area contributed by atoms with Gasteiger partial charge in [-0.2, -0.15) is 5.10 Å². The van der Waals surface area contributed by atoms with Gasteiger partial charge in [0.25, 0.3) is 0 Å². The van der Waals surface area contributed by atoms with Crippen LogP contribution >= 0.6 is 0 Å². The Bertz CT molecular complexity index is 1300. The number of aromatic nitrogens is 5. The number of aliphatic hydroxyl groups excluding tert-OH is 1. The molecule has 2 aliphatic carbocycles. The summed E-state index contributed by atoms with van der Waals surface area (Å²) < 4.78 is 45.8. The van der Waals surface area contributed by atoms with Gasteiger partial charge in [0, 0.05) is 42.9 Å². The molecular weight excluding hydrogens is 512 g/mol. The highest BCUT2D eigenvalue weighted by atomic mass is 32.2. The van der Waals surface area contributed by atoms with Crippen molar-refractivity contribution in [3.05, 3.63) is 36.8 Å². The molecule has 3 aliphatic rings. The normalized spacial score (nSPS) is 21.5. The fourth-order valence-corrected chi connectivity index (χ4v) is 6.34. The van der Waals surface area contributed by atoms with Crippen LogP contribution in [0.3, 0.4) is 0 Å². The van der Waals surface area contributed by atoms with E-state index in [4.69, 9.17) is 5.11 Å². The van der Waals surface area contributed by atoms with Crippen molar-refractivity contribution in [3.8, 4) is 16.9 Å². The molecule has 1 saturated heterocycles. The third-order valence-electron chi connectivity index (χ3n) is 8.31. The topological polar surface area (TPSA) is 101 Å². The summed E-state index contributed by atoms with van der Waals surface area (Å²) in [6, 6.07) is 5.81. The Labute approximate surface area is 222 Å². The quantitative estimate of drug-likeness (QED) is 0.437. The zero-order chi connectivity index (χ0) is 26.3. The molecule has 0 radical (unpaired) electrons. The van der Waals surface area contributed by atoms with E-state index in [1.807, 2.05) is 30.6 Å². The van der Waals surface area contributed by atoms with Crippen molar-refractivity contribution in [2.75, 3.05) is 35.1 Å². The number of benzene rings is 1. The molecular formula is C26H33F2N7O2S. The van der Waals surface area contributed by atoms with Crippen LogP contribution in [0.4, 0.5) is 20.2 Å². The molecule has 2 aromatic heterocycles. The Morgan fingerprint density at radius 2 is 1.84 bits per heavy atom. The molecule has 3 aromatic rings. The van der Waals surface area contributed by atoms with Gasteiger partial charge < -0.3 is 14.7 Å². The maximum Gasteiger partial charge on any atom is 0.248 e. The zero-order valence-corrected chi connectivity index (χ0v) is 22.0. The molecule has 2 saturated carbocycles. The van der Waals surface area contributed by atoms with E-state index in [9.17, 15) is 13.0 Å². The van der Waals surface area contributed by atoms with Gasteiger partial charge in [-0.3, -0.25) is 4.68 Å². The van der Waals surface area contributed by atoms with Crippen LogP contribution in [0.1, 0.15) is 57.4 Å². The van der Waals surface area contributed by atoms with Crippen molar-refractivity contribution in [2.24, 2.45) is 5.41 Å². The lowest BCUT2D eigenvalue weighted by atomic mass is 9.92. The molecule has 9 nitrogen and oxygen atoms in total. The predicted molar refractivity (Wildman–Crippen MR) is 142 cm³/mol. The van der Waals surface area contributed by atoms with E-state index in [-0.39, 0.29) is 31.2 Å². The van der Waals surface area contributed by atoms with Crippen LogP contribution in [0.5, 0.6) is 0 Å². The Hall–Kier alpha value is -2.86. The molecule has 1 atom stereocenters. The molecule has 0 amide bonds. The Balaban J connectivity index is 1.24. The number of piperidine rings is 1. The van der Waals surface area contributed by atoms with E-state index in [1.165, 1.54) is 25.7 Å². The third-order valence-corrected chi connectivity index (χ3v) is 9.33. The minimum atomic E-state index is -2.57. The van der Waals surface area contributed by atoms with Crippen molar-refractivity contribution in [1.82, 2.24) is 24.8 Å². The number of hydrogen-bond acceptors (Lipinski definition) is 6. The molecule has 204 valence electrons. The molecule has 38 heavy (non-hydrogen) atoms. The highest BCUT2D eigenvalue weighted by Crippen LogP contribution is 2.54. The maximum absolute atomic E-state index is 13.6. The number of halogens is 2. The Kier molecular flexibility index (Phi) is 6.71. The second kappa shape index (κ2) is 10.0. The highest BCUT2D eigenvalue weighted by molar-refractivity contribution is 7.86. The van der Waals surface area contributed by atoms with Crippen LogP contribution in [-0.2, 0) is 11.0 Å². The number of aliphatic hydroxyl groups is 1. The SMILES string of the molecule is O=S(CCO)Nc1ccc(-c2cn(-c3cnn(C4CCC(F)(F)CC4)c3)nn2)c(N2CCC3(CC2)CC3)c1. The van der Waals surface area contributed by atoms with E-state index >= 15 is 0 Å². The molecule has 3 heterocycles. The average molecular weight is 546 g/mol.